The van der Waals surface area contributed by atoms with Gasteiger partial charge in [0.15, 0.2) is 5.69 Å². The Kier molecular flexibility index (Phi) is 4.90. The Morgan fingerprint density at radius 3 is 2.71 bits per heavy atom. The Labute approximate surface area is 126 Å². The first kappa shape index (κ1) is 16.3. The van der Waals surface area contributed by atoms with E-state index in [2.05, 4.69) is 25.1 Å². The number of nitrogens with zero attached hydrogens (tertiary/aromatic N) is 4. The summed E-state index contributed by atoms with van der Waals surface area (Å²) in [5.74, 6) is 0.0870. The van der Waals surface area contributed by atoms with Crippen molar-refractivity contribution in [2.75, 3.05) is 45.6 Å². The molecule has 2 rings (SSSR count). The fourth-order valence-corrected chi connectivity index (χ4v) is 2.38. The van der Waals surface area contributed by atoms with Gasteiger partial charge in [0.25, 0.3) is 0 Å². The molecule has 0 aromatic carbocycles. The topological polar surface area (TPSA) is 44.3 Å². The van der Waals surface area contributed by atoms with E-state index in [-0.39, 0.29) is 11.9 Å². The zero-order valence-electron chi connectivity index (χ0n) is 11.8. The molecule has 1 aliphatic heterocycles. The Hall–Kier alpha value is -1.12. The molecule has 1 aromatic rings. The molecule has 0 saturated carbocycles. The van der Waals surface area contributed by atoms with Crippen LogP contribution in [0.4, 0.5) is 19.0 Å². The molecule has 0 amide bonds. The first-order valence-corrected chi connectivity index (χ1v) is 6.88. The van der Waals surface area contributed by atoms with Gasteiger partial charge in [-0.3, -0.25) is 4.90 Å². The molecule has 2 heterocycles. The molecule has 0 spiro atoms. The summed E-state index contributed by atoms with van der Waals surface area (Å²) < 4.78 is 38.0. The van der Waals surface area contributed by atoms with Crippen LogP contribution in [0.1, 0.15) is 5.69 Å². The third-order valence-corrected chi connectivity index (χ3v) is 3.66. The van der Waals surface area contributed by atoms with E-state index >= 15 is 0 Å². The number of piperazine rings is 1. The number of aromatic nitrogens is 2. The van der Waals surface area contributed by atoms with Gasteiger partial charge in [-0.25, -0.2) is 9.97 Å². The highest BCUT2D eigenvalue weighted by Gasteiger charge is 2.33. The molecule has 1 fully saturated rings. The van der Waals surface area contributed by atoms with Gasteiger partial charge in [0.05, 0.1) is 0 Å². The van der Waals surface area contributed by atoms with Gasteiger partial charge in [-0.05, 0) is 25.7 Å². The van der Waals surface area contributed by atoms with E-state index in [1.54, 1.807) is 0 Å². The second-order valence-corrected chi connectivity index (χ2v) is 5.52. The highest BCUT2D eigenvalue weighted by Crippen LogP contribution is 2.29. The normalized spacial score (nSPS) is 21.5. The predicted octanol–water partition coefficient (Wildman–Crippen LogP) is 1.81. The summed E-state index contributed by atoms with van der Waals surface area (Å²) in [6.07, 6.45) is -4.54. The van der Waals surface area contributed by atoms with Crippen molar-refractivity contribution in [2.45, 2.75) is 12.2 Å². The van der Waals surface area contributed by atoms with E-state index in [4.69, 9.17) is 11.6 Å². The molecular weight excluding hydrogens is 307 g/mol. The van der Waals surface area contributed by atoms with Crippen LogP contribution in [0, 0.1) is 0 Å². The van der Waals surface area contributed by atoms with Gasteiger partial charge in [0.1, 0.15) is 5.82 Å². The molecule has 1 N–H and O–H groups in total. The van der Waals surface area contributed by atoms with Crippen LogP contribution in [0.25, 0.3) is 0 Å². The first-order valence-electron chi connectivity index (χ1n) is 6.50. The van der Waals surface area contributed by atoms with Crippen LogP contribution in [0.15, 0.2) is 6.07 Å². The summed E-state index contributed by atoms with van der Waals surface area (Å²) in [5, 5.41) is 2.50. The number of nitrogens with one attached hydrogen (secondary N) is 1. The zero-order valence-corrected chi connectivity index (χ0v) is 12.5. The second kappa shape index (κ2) is 6.33. The molecule has 0 bridgehead atoms. The fourth-order valence-electron chi connectivity index (χ4n) is 2.20. The van der Waals surface area contributed by atoms with Crippen molar-refractivity contribution in [1.82, 2.24) is 19.8 Å². The lowest BCUT2D eigenvalue weighted by Crippen LogP contribution is -2.52. The number of hydrogen-bond acceptors (Lipinski definition) is 5. The molecule has 1 aromatic heterocycles. The van der Waals surface area contributed by atoms with E-state index in [1.165, 1.54) is 0 Å². The van der Waals surface area contributed by atoms with Gasteiger partial charge >= 0.3 is 6.18 Å². The predicted molar refractivity (Wildman–Crippen MR) is 74.4 cm³/mol. The smallest absolute Gasteiger partial charge is 0.368 e. The minimum absolute atomic E-state index is 0.0870. The Morgan fingerprint density at radius 1 is 1.33 bits per heavy atom. The third kappa shape index (κ3) is 4.42. The minimum Gasteiger partial charge on any atom is -0.368 e. The number of hydrogen-bond donors (Lipinski definition) is 1. The lowest BCUT2D eigenvalue weighted by atomic mass is 10.2. The molecule has 1 saturated heterocycles. The van der Waals surface area contributed by atoms with Crippen molar-refractivity contribution in [2.24, 2.45) is 0 Å². The highest BCUT2D eigenvalue weighted by molar-refractivity contribution is 6.28. The van der Waals surface area contributed by atoms with Crippen molar-refractivity contribution >= 4 is 17.4 Å². The fraction of sp³-hybridized carbons (Fsp3) is 0.667. The molecule has 0 aliphatic carbocycles. The molecule has 118 valence electrons. The molecule has 0 radical (unpaired) electrons. The number of anilines is 1. The molecule has 5 nitrogen and oxygen atoms in total. The maximum Gasteiger partial charge on any atom is 0.433 e. The van der Waals surface area contributed by atoms with Gasteiger partial charge in [-0.15, -0.1) is 0 Å². The van der Waals surface area contributed by atoms with Crippen LogP contribution >= 0.6 is 11.6 Å². The Bertz CT molecular complexity index is 496. The largest absolute Gasteiger partial charge is 0.433 e. The summed E-state index contributed by atoms with van der Waals surface area (Å²) >= 11 is 5.55. The third-order valence-electron chi connectivity index (χ3n) is 3.49. The molecule has 1 atom stereocenters. The molecular formula is C12H17ClF3N5. The Balaban J connectivity index is 2.04. The average Bonchev–Trinajstić information content (AvgIpc) is 2.38. The maximum absolute atomic E-state index is 12.7. The molecule has 1 unspecified atom stereocenters. The lowest BCUT2D eigenvalue weighted by Gasteiger charge is -2.37. The standard InChI is InChI=1S/C12H17ClF3N5/c1-20-3-4-21(2)8(7-20)6-17-10-5-9(12(14,15)16)18-11(13)19-10/h5,8H,3-4,6-7H2,1-2H3,(H,17,18,19). The second-order valence-electron chi connectivity index (χ2n) is 5.18. The van der Waals surface area contributed by atoms with Gasteiger partial charge < -0.3 is 10.2 Å². The number of rotatable bonds is 3. The Morgan fingerprint density at radius 2 is 2.05 bits per heavy atom. The molecule has 1 aliphatic rings. The quantitative estimate of drug-likeness (QED) is 0.860. The van der Waals surface area contributed by atoms with Crippen molar-refractivity contribution in [3.05, 3.63) is 17.0 Å². The summed E-state index contributed by atoms with van der Waals surface area (Å²) in [7, 11) is 4.01. The van der Waals surface area contributed by atoms with Gasteiger partial charge in [-0.1, -0.05) is 0 Å². The van der Waals surface area contributed by atoms with Crippen LogP contribution in [0.5, 0.6) is 0 Å². The van der Waals surface area contributed by atoms with Crippen LogP contribution in [-0.2, 0) is 6.18 Å². The van der Waals surface area contributed by atoms with Crippen molar-refractivity contribution in [3.63, 3.8) is 0 Å². The minimum atomic E-state index is -4.54. The highest BCUT2D eigenvalue weighted by atomic mass is 35.5. The number of likely N-dealkylation sites (N-methyl/N-ethyl adjacent to an activating group) is 2. The van der Waals surface area contributed by atoms with Crippen LogP contribution in [0.2, 0.25) is 5.28 Å². The van der Waals surface area contributed by atoms with E-state index in [0.717, 1.165) is 25.7 Å². The number of halogens is 4. The zero-order chi connectivity index (χ0) is 15.6. The van der Waals surface area contributed by atoms with E-state index < -0.39 is 17.2 Å². The lowest BCUT2D eigenvalue weighted by molar-refractivity contribution is -0.141. The summed E-state index contributed by atoms with van der Waals surface area (Å²) in [6, 6.07) is 1.07. The maximum atomic E-state index is 12.7. The van der Waals surface area contributed by atoms with E-state index in [9.17, 15) is 13.2 Å². The van der Waals surface area contributed by atoms with Crippen molar-refractivity contribution < 1.29 is 13.2 Å². The number of alkyl halides is 3. The summed E-state index contributed by atoms with van der Waals surface area (Å²) in [5.41, 5.74) is -1.04. The van der Waals surface area contributed by atoms with Gasteiger partial charge in [-0.2, -0.15) is 13.2 Å². The van der Waals surface area contributed by atoms with Crippen molar-refractivity contribution in [3.8, 4) is 0 Å². The van der Waals surface area contributed by atoms with Crippen LogP contribution in [0.3, 0.4) is 0 Å². The summed E-state index contributed by atoms with van der Waals surface area (Å²) in [6.45, 7) is 3.23. The van der Waals surface area contributed by atoms with Crippen LogP contribution in [-0.4, -0.2) is 66.1 Å². The molecule has 9 heteroatoms. The van der Waals surface area contributed by atoms with Crippen LogP contribution < -0.4 is 5.32 Å². The van der Waals surface area contributed by atoms with Crippen molar-refractivity contribution in [1.29, 1.82) is 0 Å². The average molecular weight is 324 g/mol. The monoisotopic (exact) mass is 323 g/mol. The van der Waals surface area contributed by atoms with E-state index in [1.807, 2.05) is 14.1 Å². The first-order chi connectivity index (χ1) is 9.75. The van der Waals surface area contributed by atoms with Gasteiger partial charge in [0, 0.05) is 38.3 Å². The molecule has 21 heavy (non-hydrogen) atoms. The summed E-state index contributed by atoms with van der Waals surface area (Å²) in [4.78, 5) is 11.3. The SMILES string of the molecule is CN1CCN(C)C(CNc2cc(C(F)(F)F)nc(Cl)n2)C1. The van der Waals surface area contributed by atoms with Gasteiger partial charge in [0.2, 0.25) is 5.28 Å². The van der Waals surface area contributed by atoms with E-state index in [0.29, 0.717) is 6.54 Å².